The molecule has 1 aromatic carbocycles. The van der Waals surface area contributed by atoms with Crippen molar-refractivity contribution in [2.24, 2.45) is 0 Å². The molecule has 1 atom stereocenters. The molecular weight excluding hydrogens is 282 g/mol. The first-order valence-corrected chi connectivity index (χ1v) is 8.30. The van der Waals surface area contributed by atoms with Gasteiger partial charge in [0.2, 0.25) is 0 Å². The van der Waals surface area contributed by atoms with Crippen molar-refractivity contribution in [3.05, 3.63) is 53.9 Å². The first kappa shape index (κ1) is 13.8. The normalized spacial score (nSPS) is 12.5. The monoisotopic (exact) mass is 299 g/mol. The molecule has 108 valence electrons. The smallest absolute Gasteiger partial charge is 0.137 e. The Labute approximate surface area is 126 Å². The Balaban J connectivity index is 1.76. The second kappa shape index (κ2) is 5.69. The molecule has 0 aliphatic heterocycles. The quantitative estimate of drug-likeness (QED) is 0.777. The average molecular weight is 299 g/mol. The largest absolute Gasteiger partial charge is 0.379 e. The minimum Gasteiger partial charge on any atom is -0.379 e. The summed E-state index contributed by atoms with van der Waals surface area (Å²) in [5, 5.41) is 4.54. The molecule has 4 nitrogen and oxygen atoms in total. The van der Waals surface area contributed by atoms with Crippen LogP contribution in [0.15, 0.2) is 47.6 Å². The number of fused-ring (bicyclic) bond motifs is 1. The van der Waals surface area contributed by atoms with Crippen LogP contribution in [0.3, 0.4) is 0 Å². The number of hydrogen-bond donors (Lipinski definition) is 2. The first-order chi connectivity index (χ1) is 10.1. The lowest BCUT2D eigenvalue weighted by Gasteiger charge is -2.10. The first-order valence-electron chi connectivity index (χ1n) is 6.74. The molecule has 2 N–H and O–H groups in total. The fourth-order valence-corrected chi connectivity index (χ4v) is 2.83. The van der Waals surface area contributed by atoms with Crippen molar-refractivity contribution in [2.75, 3.05) is 11.6 Å². The number of aromatic amines is 1. The van der Waals surface area contributed by atoms with E-state index in [4.69, 9.17) is 0 Å². The molecule has 0 saturated carbocycles. The van der Waals surface area contributed by atoms with E-state index >= 15 is 0 Å². The van der Waals surface area contributed by atoms with Crippen molar-refractivity contribution in [3.63, 3.8) is 0 Å². The van der Waals surface area contributed by atoms with Crippen LogP contribution in [0, 0.1) is 6.92 Å². The maximum absolute atomic E-state index is 11.4. The predicted octanol–water partition coefficient (Wildman–Crippen LogP) is 3.22. The van der Waals surface area contributed by atoms with Gasteiger partial charge in [-0.25, -0.2) is 4.98 Å². The summed E-state index contributed by atoms with van der Waals surface area (Å²) in [6.07, 6.45) is 5.44. The summed E-state index contributed by atoms with van der Waals surface area (Å²) in [5.74, 6) is 0. The minimum atomic E-state index is -0.926. The molecule has 0 aliphatic carbocycles. The summed E-state index contributed by atoms with van der Waals surface area (Å²) >= 11 is 0. The van der Waals surface area contributed by atoms with Gasteiger partial charge in [0.1, 0.15) is 5.65 Å². The molecule has 0 amide bonds. The summed E-state index contributed by atoms with van der Waals surface area (Å²) in [5.41, 5.74) is 4.28. The third-order valence-corrected chi connectivity index (χ3v) is 4.53. The number of rotatable bonds is 4. The summed E-state index contributed by atoms with van der Waals surface area (Å²) in [6.45, 7) is 2.80. The van der Waals surface area contributed by atoms with Gasteiger partial charge in [0.15, 0.2) is 0 Å². The molecule has 2 heterocycles. The molecule has 0 spiro atoms. The van der Waals surface area contributed by atoms with Crippen molar-refractivity contribution >= 4 is 27.5 Å². The summed E-state index contributed by atoms with van der Waals surface area (Å²) in [7, 11) is -0.926. The van der Waals surface area contributed by atoms with Crippen LogP contribution in [-0.2, 0) is 17.3 Å². The summed E-state index contributed by atoms with van der Waals surface area (Å²) in [4.78, 5) is 8.36. The number of aromatic nitrogens is 2. The van der Waals surface area contributed by atoms with Gasteiger partial charge in [-0.05, 0) is 36.2 Å². The van der Waals surface area contributed by atoms with Gasteiger partial charge < -0.3 is 10.3 Å². The van der Waals surface area contributed by atoms with Crippen LogP contribution < -0.4 is 5.32 Å². The van der Waals surface area contributed by atoms with Gasteiger partial charge in [0.05, 0.1) is 11.9 Å². The van der Waals surface area contributed by atoms with Crippen LogP contribution in [-0.4, -0.2) is 20.4 Å². The molecule has 0 saturated heterocycles. The highest BCUT2D eigenvalue weighted by atomic mass is 32.2. The van der Waals surface area contributed by atoms with E-state index in [1.807, 2.05) is 42.7 Å². The minimum absolute atomic E-state index is 0.717. The summed E-state index contributed by atoms with van der Waals surface area (Å²) in [6, 6.07) is 9.86. The molecule has 5 heteroatoms. The number of H-pyrrole nitrogens is 1. The van der Waals surface area contributed by atoms with Gasteiger partial charge in [0, 0.05) is 40.1 Å². The van der Waals surface area contributed by atoms with E-state index in [1.165, 1.54) is 5.56 Å². The highest BCUT2D eigenvalue weighted by molar-refractivity contribution is 7.84. The molecule has 0 fully saturated rings. The fourth-order valence-electron chi connectivity index (χ4n) is 2.32. The molecule has 3 rings (SSSR count). The Morgan fingerprint density at radius 3 is 2.71 bits per heavy atom. The second-order valence-electron chi connectivity index (χ2n) is 4.99. The van der Waals surface area contributed by atoms with Gasteiger partial charge in [-0.3, -0.25) is 4.21 Å². The Morgan fingerprint density at radius 2 is 2.00 bits per heavy atom. The molecule has 0 aliphatic rings. The molecule has 3 aromatic rings. The van der Waals surface area contributed by atoms with E-state index < -0.39 is 10.8 Å². The van der Waals surface area contributed by atoms with Crippen LogP contribution in [0.5, 0.6) is 0 Å². The van der Waals surface area contributed by atoms with Crippen LogP contribution in [0.1, 0.15) is 11.1 Å². The number of aryl methyl sites for hydroxylation is 1. The van der Waals surface area contributed by atoms with Crippen molar-refractivity contribution in [3.8, 4) is 0 Å². The lowest BCUT2D eigenvalue weighted by Crippen LogP contribution is -2.02. The van der Waals surface area contributed by atoms with Crippen LogP contribution in [0.4, 0.5) is 5.69 Å². The Hall–Kier alpha value is -2.14. The topological polar surface area (TPSA) is 57.8 Å². The zero-order valence-electron chi connectivity index (χ0n) is 12.0. The molecule has 1 unspecified atom stereocenters. The van der Waals surface area contributed by atoms with Crippen molar-refractivity contribution in [2.45, 2.75) is 18.4 Å². The third-order valence-electron chi connectivity index (χ3n) is 3.59. The second-order valence-corrected chi connectivity index (χ2v) is 6.37. The van der Waals surface area contributed by atoms with Gasteiger partial charge in [-0.1, -0.05) is 12.1 Å². The molecule has 2 aromatic heterocycles. The van der Waals surface area contributed by atoms with Crippen molar-refractivity contribution < 1.29 is 4.21 Å². The van der Waals surface area contributed by atoms with Gasteiger partial charge in [-0.2, -0.15) is 0 Å². The van der Waals surface area contributed by atoms with Gasteiger partial charge in [-0.15, -0.1) is 0 Å². The molecule has 21 heavy (non-hydrogen) atoms. The maximum Gasteiger partial charge on any atom is 0.137 e. The molecule has 0 radical (unpaired) electrons. The van der Waals surface area contributed by atoms with Gasteiger partial charge >= 0.3 is 0 Å². The number of hydrogen-bond acceptors (Lipinski definition) is 3. The number of nitrogens with one attached hydrogen (secondary N) is 2. The molecule has 0 bridgehead atoms. The SMILES string of the molecule is Cc1c(NCc2ccc(S(C)=O)cc2)cnc2[nH]ccc12. The van der Waals surface area contributed by atoms with E-state index in [2.05, 4.69) is 22.2 Å². The third kappa shape index (κ3) is 2.83. The summed E-state index contributed by atoms with van der Waals surface area (Å²) < 4.78 is 11.4. The van der Waals surface area contributed by atoms with Crippen molar-refractivity contribution in [1.29, 1.82) is 0 Å². The Bertz CT molecular complexity index is 793. The highest BCUT2D eigenvalue weighted by Crippen LogP contribution is 2.23. The Morgan fingerprint density at radius 1 is 1.24 bits per heavy atom. The highest BCUT2D eigenvalue weighted by Gasteiger charge is 2.05. The van der Waals surface area contributed by atoms with Gasteiger partial charge in [0.25, 0.3) is 0 Å². The maximum atomic E-state index is 11.4. The lowest BCUT2D eigenvalue weighted by molar-refractivity contribution is 0.687. The molecular formula is C16H17N3OS. The predicted molar refractivity (Wildman–Crippen MR) is 86.9 cm³/mol. The Kier molecular flexibility index (Phi) is 3.75. The zero-order valence-corrected chi connectivity index (χ0v) is 12.8. The van der Waals surface area contributed by atoms with Crippen molar-refractivity contribution in [1.82, 2.24) is 9.97 Å². The number of anilines is 1. The number of nitrogens with zero attached hydrogens (tertiary/aromatic N) is 1. The van der Waals surface area contributed by atoms with Crippen LogP contribution >= 0.6 is 0 Å². The zero-order chi connectivity index (χ0) is 14.8. The van der Waals surface area contributed by atoms with E-state index in [9.17, 15) is 4.21 Å². The van der Waals surface area contributed by atoms with Crippen LogP contribution in [0.25, 0.3) is 11.0 Å². The van der Waals surface area contributed by atoms with E-state index in [0.717, 1.165) is 33.7 Å². The van der Waals surface area contributed by atoms with E-state index in [1.54, 1.807) is 6.26 Å². The standard InChI is InChI=1S/C16H17N3OS/c1-11-14-7-8-17-16(14)19-10-15(11)18-9-12-3-5-13(6-4-12)21(2)20/h3-8,10,18H,9H2,1-2H3,(H,17,19). The number of benzene rings is 1. The van der Waals surface area contributed by atoms with E-state index in [0.29, 0.717) is 0 Å². The van der Waals surface area contributed by atoms with E-state index in [-0.39, 0.29) is 0 Å². The van der Waals surface area contributed by atoms with Crippen LogP contribution in [0.2, 0.25) is 0 Å². The number of pyridine rings is 1. The fraction of sp³-hybridized carbons (Fsp3) is 0.188. The lowest BCUT2D eigenvalue weighted by atomic mass is 10.1. The average Bonchev–Trinajstić information content (AvgIpc) is 2.96.